The Balaban J connectivity index is 2.31. The SMILES string of the molecule is CCOc1ccc(/C=C(\C#N)C(=O)Nc2c(C)cc(C)cc2Cl)cc1OC. The third-order valence-electron chi connectivity index (χ3n) is 3.83. The van der Waals surface area contributed by atoms with Crippen molar-refractivity contribution in [2.75, 3.05) is 19.0 Å². The predicted octanol–water partition coefficient (Wildman–Crippen LogP) is 4.91. The van der Waals surface area contributed by atoms with E-state index in [-0.39, 0.29) is 5.57 Å². The summed E-state index contributed by atoms with van der Waals surface area (Å²) in [6.45, 7) is 6.16. The fourth-order valence-corrected chi connectivity index (χ4v) is 2.99. The lowest BCUT2D eigenvalue weighted by molar-refractivity contribution is -0.112. The van der Waals surface area contributed by atoms with Gasteiger partial charge in [-0.3, -0.25) is 4.79 Å². The van der Waals surface area contributed by atoms with Crippen LogP contribution in [0.5, 0.6) is 11.5 Å². The number of nitriles is 1. The van der Waals surface area contributed by atoms with Crippen molar-refractivity contribution < 1.29 is 14.3 Å². The number of methoxy groups -OCH3 is 1. The first-order valence-electron chi connectivity index (χ1n) is 8.40. The summed E-state index contributed by atoms with van der Waals surface area (Å²) in [5, 5.41) is 12.6. The molecule has 0 fully saturated rings. The van der Waals surface area contributed by atoms with E-state index in [4.69, 9.17) is 21.1 Å². The first-order chi connectivity index (χ1) is 12.9. The number of hydrogen-bond acceptors (Lipinski definition) is 4. The molecule has 0 saturated heterocycles. The Labute approximate surface area is 164 Å². The van der Waals surface area contributed by atoms with E-state index in [1.807, 2.05) is 32.9 Å². The molecule has 0 radical (unpaired) electrons. The predicted molar refractivity (Wildman–Crippen MR) is 107 cm³/mol. The van der Waals surface area contributed by atoms with Gasteiger partial charge >= 0.3 is 0 Å². The first kappa shape index (κ1) is 20.3. The van der Waals surface area contributed by atoms with Crippen molar-refractivity contribution in [1.29, 1.82) is 5.26 Å². The van der Waals surface area contributed by atoms with Gasteiger partial charge in [0.1, 0.15) is 11.6 Å². The van der Waals surface area contributed by atoms with E-state index in [0.29, 0.717) is 34.4 Å². The smallest absolute Gasteiger partial charge is 0.266 e. The van der Waals surface area contributed by atoms with Crippen LogP contribution in [0.2, 0.25) is 5.02 Å². The Bertz CT molecular complexity index is 907. The molecule has 27 heavy (non-hydrogen) atoms. The van der Waals surface area contributed by atoms with Crippen LogP contribution in [0.25, 0.3) is 6.08 Å². The van der Waals surface area contributed by atoms with Gasteiger partial charge < -0.3 is 14.8 Å². The van der Waals surface area contributed by atoms with Crippen molar-refractivity contribution in [3.63, 3.8) is 0 Å². The van der Waals surface area contributed by atoms with Crippen molar-refractivity contribution in [1.82, 2.24) is 0 Å². The largest absolute Gasteiger partial charge is 0.493 e. The minimum Gasteiger partial charge on any atom is -0.493 e. The van der Waals surface area contributed by atoms with Crippen molar-refractivity contribution in [2.45, 2.75) is 20.8 Å². The topological polar surface area (TPSA) is 71.3 Å². The summed E-state index contributed by atoms with van der Waals surface area (Å²) in [4.78, 5) is 12.5. The summed E-state index contributed by atoms with van der Waals surface area (Å²) < 4.78 is 10.8. The highest BCUT2D eigenvalue weighted by molar-refractivity contribution is 6.34. The number of aryl methyl sites for hydroxylation is 2. The molecule has 2 rings (SSSR count). The van der Waals surface area contributed by atoms with Gasteiger partial charge in [0, 0.05) is 0 Å². The second kappa shape index (κ2) is 9.11. The summed E-state index contributed by atoms with van der Waals surface area (Å²) >= 11 is 6.23. The summed E-state index contributed by atoms with van der Waals surface area (Å²) in [5.41, 5.74) is 2.92. The summed E-state index contributed by atoms with van der Waals surface area (Å²) in [6.07, 6.45) is 1.49. The molecule has 0 saturated carbocycles. The van der Waals surface area contributed by atoms with Gasteiger partial charge in [-0.05, 0) is 61.7 Å². The lowest BCUT2D eigenvalue weighted by Crippen LogP contribution is -2.14. The van der Waals surface area contributed by atoms with Crippen LogP contribution in [0.4, 0.5) is 5.69 Å². The second-order valence-corrected chi connectivity index (χ2v) is 6.31. The Morgan fingerprint density at radius 1 is 1.26 bits per heavy atom. The van der Waals surface area contributed by atoms with Crippen LogP contribution in [0.15, 0.2) is 35.9 Å². The average Bonchev–Trinajstić information content (AvgIpc) is 2.63. The zero-order chi connectivity index (χ0) is 20.0. The Morgan fingerprint density at radius 2 is 2.00 bits per heavy atom. The maximum atomic E-state index is 12.5. The second-order valence-electron chi connectivity index (χ2n) is 5.91. The fourth-order valence-electron chi connectivity index (χ4n) is 2.62. The van der Waals surface area contributed by atoms with Crippen molar-refractivity contribution >= 4 is 29.3 Å². The molecular formula is C21H21ClN2O3. The minimum atomic E-state index is -0.529. The van der Waals surface area contributed by atoms with Crippen LogP contribution in [-0.2, 0) is 4.79 Å². The van der Waals surface area contributed by atoms with Crippen LogP contribution in [0.3, 0.4) is 0 Å². The number of amides is 1. The number of halogens is 1. The lowest BCUT2D eigenvalue weighted by Gasteiger charge is -2.12. The zero-order valence-electron chi connectivity index (χ0n) is 15.7. The molecule has 1 amide bonds. The highest BCUT2D eigenvalue weighted by atomic mass is 35.5. The molecule has 5 nitrogen and oxygen atoms in total. The number of nitrogens with one attached hydrogen (secondary N) is 1. The van der Waals surface area contributed by atoms with Gasteiger partial charge in [0.05, 0.1) is 24.4 Å². The van der Waals surface area contributed by atoms with Crippen LogP contribution in [0, 0.1) is 25.2 Å². The van der Waals surface area contributed by atoms with Gasteiger partial charge in [-0.2, -0.15) is 5.26 Å². The molecule has 0 aliphatic carbocycles. The van der Waals surface area contributed by atoms with Gasteiger partial charge in [0.2, 0.25) is 0 Å². The maximum Gasteiger partial charge on any atom is 0.266 e. The fraction of sp³-hybridized carbons (Fsp3) is 0.238. The molecule has 2 aromatic rings. The zero-order valence-corrected chi connectivity index (χ0v) is 16.5. The number of benzene rings is 2. The van der Waals surface area contributed by atoms with Gasteiger partial charge in [-0.15, -0.1) is 0 Å². The van der Waals surface area contributed by atoms with Crippen molar-refractivity contribution in [2.24, 2.45) is 0 Å². The first-order valence-corrected chi connectivity index (χ1v) is 8.78. The van der Waals surface area contributed by atoms with E-state index < -0.39 is 5.91 Å². The molecule has 6 heteroatoms. The molecule has 2 aromatic carbocycles. The van der Waals surface area contributed by atoms with Gasteiger partial charge in [-0.1, -0.05) is 23.7 Å². The third kappa shape index (κ3) is 5.02. The third-order valence-corrected chi connectivity index (χ3v) is 4.13. The minimum absolute atomic E-state index is 0.0442. The van der Waals surface area contributed by atoms with Gasteiger partial charge in [-0.25, -0.2) is 0 Å². The van der Waals surface area contributed by atoms with E-state index in [1.54, 1.807) is 24.3 Å². The summed E-state index contributed by atoms with van der Waals surface area (Å²) in [7, 11) is 1.53. The van der Waals surface area contributed by atoms with E-state index in [9.17, 15) is 10.1 Å². The number of carbonyl (C=O) groups is 1. The number of nitrogens with zero attached hydrogens (tertiary/aromatic N) is 1. The highest BCUT2D eigenvalue weighted by Crippen LogP contribution is 2.30. The molecule has 0 aliphatic rings. The summed E-state index contributed by atoms with van der Waals surface area (Å²) in [6, 6.07) is 10.8. The molecule has 0 bridgehead atoms. The number of rotatable bonds is 6. The van der Waals surface area contributed by atoms with Crippen LogP contribution in [-0.4, -0.2) is 19.6 Å². The molecule has 140 valence electrons. The molecule has 0 spiro atoms. The Morgan fingerprint density at radius 3 is 2.59 bits per heavy atom. The van der Waals surface area contributed by atoms with E-state index in [1.165, 1.54) is 13.2 Å². The van der Waals surface area contributed by atoms with Gasteiger partial charge in [0.25, 0.3) is 5.91 Å². The lowest BCUT2D eigenvalue weighted by atomic mass is 10.1. The molecular weight excluding hydrogens is 364 g/mol. The van der Waals surface area contributed by atoms with Gasteiger partial charge in [0.15, 0.2) is 11.5 Å². The molecule has 1 N–H and O–H groups in total. The normalized spacial score (nSPS) is 10.9. The van der Waals surface area contributed by atoms with E-state index in [0.717, 1.165) is 11.1 Å². The quantitative estimate of drug-likeness (QED) is 0.567. The average molecular weight is 385 g/mol. The van der Waals surface area contributed by atoms with Crippen molar-refractivity contribution in [3.05, 3.63) is 57.6 Å². The Hall–Kier alpha value is -2.97. The Kier molecular flexibility index (Phi) is 6.86. The van der Waals surface area contributed by atoms with E-state index in [2.05, 4.69) is 5.32 Å². The van der Waals surface area contributed by atoms with Crippen LogP contribution < -0.4 is 14.8 Å². The van der Waals surface area contributed by atoms with Crippen LogP contribution >= 0.6 is 11.6 Å². The number of carbonyl (C=O) groups excluding carboxylic acids is 1. The molecule has 0 aliphatic heterocycles. The highest BCUT2D eigenvalue weighted by Gasteiger charge is 2.14. The monoisotopic (exact) mass is 384 g/mol. The van der Waals surface area contributed by atoms with E-state index >= 15 is 0 Å². The number of hydrogen-bond donors (Lipinski definition) is 1. The molecule has 0 aromatic heterocycles. The standard InChI is InChI=1S/C21H21ClN2O3/c1-5-27-18-7-6-15(11-19(18)26-4)10-16(12-23)21(25)24-20-14(3)8-13(2)9-17(20)22/h6-11H,5H2,1-4H3,(H,24,25)/b16-10+. The number of ether oxygens (including phenoxy) is 2. The molecule has 0 heterocycles. The summed E-state index contributed by atoms with van der Waals surface area (Å²) in [5.74, 6) is 0.599. The molecule has 0 unspecified atom stereocenters. The van der Waals surface area contributed by atoms with Crippen LogP contribution in [0.1, 0.15) is 23.6 Å². The molecule has 0 atom stereocenters. The number of anilines is 1. The van der Waals surface area contributed by atoms with Crippen molar-refractivity contribution in [3.8, 4) is 17.6 Å². The maximum absolute atomic E-state index is 12.5.